The van der Waals surface area contributed by atoms with Gasteiger partial charge in [-0.1, -0.05) is 11.6 Å². The lowest BCUT2D eigenvalue weighted by molar-refractivity contribution is -0.0702. The molecule has 0 N–H and O–H groups in total. The molecule has 2 heterocycles. The summed E-state index contributed by atoms with van der Waals surface area (Å²) in [4.78, 5) is 7.66. The third kappa shape index (κ3) is 3.14. The monoisotopic (exact) mass is 246 g/mol. The Hall–Kier alpha value is -0.160. The van der Waals surface area contributed by atoms with Crippen LogP contribution in [-0.2, 0) is 11.3 Å². The van der Waals surface area contributed by atoms with Crippen molar-refractivity contribution in [3.63, 3.8) is 0 Å². The average molecular weight is 247 g/mol. The fourth-order valence-electron chi connectivity index (χ4n) is 1.99. The Morgan fingerprint density at radius 3 is 2.73 bits per heavy atom. The molecule has 1 aromatic heterocycles. The molecule has 1 fully saturated rings. The van der Waals surface area contributed by atoms with Gasteiger partial charge in [0.15, 0.2) is 4.47 Å². The van der Waals surface area contributed by atoms with Gasteiger partial charge in [-0.2, -0.15) is 0 Å². The molecule has 0 saturated carbocycles. The normalized spacial score (nSPS) is 28.2. The van der Waals surface area contributed by atoms with Crippen molar-refractivity contribution in [2.24, 2.45) is 0 Å². The number of rotatable bonds is 2. The number of aromatic nitrogens is 1. The minimum Gasteiger partial charge on any atom is -0.373 e. The predicted octanol–water partition coefficient (Wildman–Crippen LogP) is 2.41. The maximum atomic E-state index is 5.80. The Kier molecular flexibility index (Phi) is 3.61. The lowest BCUT2D eigenvalue weighted by Crippen LogP contribution is -2.44. The molecule has 0 spiro atoms. The van der Waals surface area contributed by atoms with Crippen LogP contribution >= 0.6 is 22.9 Å². The van der Waals surface area contributed by atoms with Crippen LogP contribution in [-0.4, -0.2) is 35.2 Å². The Bertz CT molecular complexity index is 321. The second kappa shape index (κ2) is 4.78. The fourth-order valence-corrected chi connectivity index (χ4v) is 3.01. The number of nitrogens with zero attached hydrogens (tertiary/aromatic N) is 2. The summed E-state index contributed by atoms with van der Waals surface area (Å²) in [6.07, 6.45) is 2.49. The molecule has 1 aromatic rings. The van der Waals surface area contributed by atoms with Crippen molar-refractivity contribution in [1.82, 2.24) is 9.88 Å². The molecule has 0 aromatic carbocycles. The molecule has 0 unspecified atom stereocenters. The molecule has 0 radical (unpaired) electrons. The predicted molar refractivity (Wildman–Crippen MR) is 62.4 cm³/mol. The van der Waals surface area contributed by atoms with Gasteiger partial charge in [-0.15, -0.1) is 11.3 Å². The summed E-state index contributed by atoms with van der Waals surface area (Å²) in [5, 5.41) is 0. The largest absolute Gasteiger partial charge is 0.373 e. The first-order valence-corrected chi connectivity index (χ1v) is 6.31. The van der Waals surface area contributed by atoms with Gasteiger partial charge >= 0.3 is 0 Å². The third-order valence-electron chi connectivity index (χ3n) is 2.40. The highest BCUT2D eigenvalue weighted by Crippen LogP contribution is 2.21. The van der Waals surface area contributed by atoms with Gasteiger partial charge in [-0.05, 0) is 13.8 Å². The topological polar surface area (TPSA) is 25.4 Å². The molecule has 3 nitrogen and oxygen atoms in total. The smallest absolute Gasteiger partial charge is 0.183 e. The van der Waals surface area contributed by atoms with Crippen LogP contribution in [0.15, 0.2) is 6.20 Å². The first-order valence-electron chi connectivity index (χ1n) is 5.11. The van der Waals surface area contributed by atoms with Crippen molar-refractivity contribution in [3.8, 4) is 0 Å². The summed E-state index contributed by atoms with van der Waals surface area (Å²) in [6, 6.07) is 0. The lowest BCUT2D eigenvalue weighted by Gasteiger charge is -2.34. The first-order chi connectivity index (χ1) is 7.13. The molecule has 84 valence electrons. The van der Waals surface area contributed by atoms with Crippen LogP contribution in [0.3, 0.4) is 0 Å². The van der Waals surface area contributed by atoms with Crippen LogP contribution in [0.1, 0.15) is 18.7 Å². The summed E-state index contributed by atoms with van der Waals surface area (Å²) in [7, 11) is 0. The Morgan fingerprint density at radius 1 is 1.53 bits per heavy atom. The van der Waals surface area contributed by atoms with Gasteiger partial charge in [0.2, 0.25) is 0 Å². The number of morpholine rings is 1. The van der Waals surface area contributed by atoms with Gasteiger partial charge in [0.1, 0.15) is 0 Å². The maximum Gasteiger partial charge on any atom is 0.183 e. The van der Waals surface area contributed by atoms with E-state index >= 15 is 0 Å². The zero-order valence-corrected chi connectivity index (χ0v) is 10.5. The van der Waals surface area contributed by atoms with Crippen LogP contribution in [0.25, 0.3) is 0 Å². The van der Waals surface area contributed by atoms with Gasteiger partial charge in [-0.25, -0.2) is 4.98 Å². The third-order valence-corrected chi connectivity index (χ3v) is 3.50. The van der Waals surface area contributed by atoms with E-state index in [1.54, 1.807) is 11.3 Å². The number of thiazole rings is 1. The quantitative estimate of drug-likeness (QED) is 0.801. The second-order valence-electron chi connectivity index (χ2n) is 4.03. The van der Waals surface area contributed by atoms with E-state index in [2.05, 4.69) is 23.7 Å². The molecular formula is C10H15ClN2OS. The highest BCUT2D eigenvalue weighted by Gasteiger charge is 2.22. The average Bonchev–Trinajstić information content (AvgIpc) is 2.49. The van der Waals surface area contributed by atoms with Crippen molar-refractivity contribution in [2.45, 2.75) is 32.6 Å². The first kappa shape index (κ1) is 11.3. The number of hydrogen-bond acceptors (Lipinski definition) is 4. The van der Waals surface area contributed by atoms with E-state index in [1.165, 1.54) is 4.88 Å². The molecule has 2 rings (SSSR count). The van der Waals surface area contributed by atoms with Gasteiger partial charge < -0.3 is 4.74 Å². The van der Waals surface area contributed by atoms with Gasteiger partial charge in [0, 0.05) is 30.7 Å². The minimum absolute atomic E-state index is 0.317. The Balaban J connectivity index is 1.94. The molecule has 15 heavy (non-hydrogen) atoms. The van der Waals surface area contributed by atoms with Crippen molar-refractivity contribution >= 4 is 22.9 Å². The zero-order chi connectivity index (χ0) is 10.8. The van der Waals surface area contributed by atoms with Gasteiger partial charge in [0.05, 0.1) is 12.2 Å². The summed E-state index contributed by atoms with van der Waals surface area (Å²) >= 11 is 7.36. The van der Waals surface area contributed by atoms with E-state index in [0.717, 1.165) is 19.6 Å². The maximum absolute atomic E-state index is 5.80. The van der Waals surface area contributed by atoms with Crippen molar-refractivity contribution in [3.05, 3.63) is 15.5 Å². The molecule has 2 atom stereocenters. The zero-order valence-electron chi connectivity index (χ0n) is 8.94. The van der Waals surface area contributed by atoms with Crippen molar-refractivity contribution < 1.29 is 4.74 Å². The van der Waals surface area contributed by atoms with E-state index < -0.39 is 0 Å². The minimum atomic E-state index is 0.317. The highest BCUT2D eigenvalue weighted by atomic mass is 35.5. The molecule has 1 aliphatic heterocycles. The second-order valence-corrected chi connectivity index (χ2v) is 5.73. The van der Waals surface area contributed by atoms with E-state index in [1.807, 2.05) is 6.20 Å². The van der Waals surface area contributed by atoms with E-state index in [-0.39, 0.29) is 0 Å². The van der Waals surface area contributed by atoms with Crippen LogP contribution < -0.4 is 0 Å². The van der Waals surface area contributed by atoms with Crippen LogP contribution in [0.4, 0.5) is 0 Å². The summed E-state index contributed by atoms with van der Waals surface area (Å²) < 4.78 is 6.30. The molecule has 0 aliphatic carbocycles. The summed E-state index contributed by atoms with van der Waals surface area (Å²) in [5.41, 5.74) is 0. The molecular weight excluding hydrogens is 232 g/mol. The molecule has 0 bridgehead atoms. The molecule has 5 heteroatoms. The van der Waals surface area contributed by atoms with E-state index in [4.69, 9.17) is 16.3 Å². The van der Waals surface area contributed by atoms with Crippen LogP contribution in [0.2, 0.25) is 4.47 Å². The Labute approximate surface area is 99.0 Å². The molecule has 1 saturated heterocycles. The van der Waals surface area contributed by atoms with Gasteiger partial charge in [-0.3, -0.25) is 4.90 Å². The number of hydrogen-bond donors (Lipinski definition) is 0. The summed E-state index contributed by atoms with van der Waals surface area (Å²) in [5.74, 6) is 0. The van der Waals surface area contributed by atoms with E-state index in [9.17, 15) is 0 Å². The van der Waals surface area contributed by atoms with E-state index in [0.29, 0.717) is 16.7 Å². The number of halogens is 1. The fraction of sp³-hybridized carbons (Fsp3) is 0.700. The van der Waals surface area contributed by atoms with Crippen LogP contribution in [0.5, 0.6) is 0 Å². The number of ether oxygens (including phenoxy) is 1. The highest BCUT2D eigenvalue weighted by molar-refractivity contribution is 7.15. The standard InChI is InChI=1S/C10H15ClN2OS/c1-7-4-13(5-8(2)14-7)6-9-3-12-10(11)15-9/h3,7-8H,4-6H2,1-2H3/t7-,8+. The molecule has 0 amide bonds. The SMILES string of the molecule is C[C@@H]1CN(Cc2cnc(Cl)s2)C[C@H](C)O1. The van der Waals surface area contributed by atoms with Crippen molar-refractivity contribution in [2.75, 3.05) is 13.1 Å². The van der Waals surface area contributed by atoms with Crippen molar-refractivity contribution in [1.29, 1.82) is 0 Å². The lowest BCUT2D eigenvalue weighted by atomic mass is 10.2. The molecule has 1 aliphatic rings. The van der Waals surface area contributed by atoms with Crippen LogP contribution in [0, 0.1) is 0 Å². The van der Waals surface area contributed by atoms with Gasteiger partial charge in [0.25, 0.3) is 0 Å². The summed E-state index contributed by atoms with van der Waals surface area (Å²) in [6.45, 7) is 7.13. The Morgan fingerprint density at radius 2 is 2.20 bits per heavy atom.